The van der Waals surface area contributed by atoms with Crippen LogP contribution in [0.3, 0.4) is 0 Å². The second-order valence-corrected chi connectivity index (χ2v) is 6.27. The Morgan fingerprint density at radius 2 is 2.21 bits per heavy atom. The molecule has 2 atom stereocenters. The Morgan fingerprint density at radius 3 is 2.89 bits per heavy atom. The van der Waals surface area contributed by atoms with Gasteiger partial charge in [-0.2, -0.15) is 0 Å². The largest absolute Gasteiger partial charge is 0.396 e. The molecule has 2 rings (SSSR count). The molecule has 1 saturated heterocycles. The molecule has 1 amide bonds. The minimum atomic E-state index is 0.0567. The third-order valence-electron chi connectivity index (χ3n) is 3.85. The van der Waals surface area contributed by atoms with E-state index in [1.165, 1.54) is 0 Å². The third-order valence-corrected chi connectivity index (χ3v) is 4.54. The lowest BCUT2D eigenvalue weighted by atomic mass is 9.93. The van der Waals surface area contributed by atoms with E-state index < -0.39 is 0 Å². The Bertz CT molecular complexity index is 475. The van der Waals surface area contributed by atoms with Gasteiger partial charge in [0.1, 0.15) is 0 Å². The van der Waals surface area contributed by atoms with E-state index >= 15 is 0 Å². The van der Waals surface area contributed by atoms with E-state index in [1.807, 2.05) is 30.0 Å². The van der Waals surface area contributed by atoms with Crippen molar-refractivity contribution < 1.29 is 9.90 Å². The number of carbonyl (C=O) groups excluding carboxylic acids is 1. The van der Waals surface area contributed by atoms with Crippen molar-refractivity contribution in [1.82, 2.24) is 4.90 Å². The number of piperidine rings is 1. The number of hydrogen-bond donors (Lipinski definition) is 1. The van der Waals surface area contributed by atoms with Crippen molar-refractivity contribution in [2.45, 2.75) is 32.7 Å². The number of nitrogens with zero attached hydrogens (tertiary/aromatic N) is 1. The SMILES string of the molecule is Cc1ccc(Br)c(C(=O)N2CC(CO)CCC2C)c1. The van der Waals surface area contributed by atoms with Gasteiger partial charge in [0, 0.05) is 23.7 Å². The van der Waals surface area contributed by atoms with Gasteiger partial charge >= 0.3 is 0 Å². The average molecular weight is 326 g/mol. The standard InChI is InChI=1S/C15H20BrNO2/c1-10-3-6-14(16)13(7-10)15(19)17-8-12(9-18)5-4-11(17)2/h3,6-7,11-12,18H,4-5,8-9H2,1-2H3. The molecular weight excluding hydrogens is 306 g/mol. The van der Waals surface area contributed by atoms with Crippen molar-refractivity contribution in [3.8, 4) is 0 Å². The molecule has 0 saturated carbocycles. The lowest BCUT2D eigenvalue weighted by Crippen LogP contribution is -2.46. The number of likely N-dealkylation sites (tertiary alicyclic amines) is 1. The van der Waals surface area contributed by atoms with Gasteiger partial charge in [0.05, 0.1) is 5.56 Å². The van der Waals surface area contributed by atoms with Crippen LogP contribution in [0.2, 0.25) is 0 Å². The zero-order valence-electron chi connectivity index (χ0n) is 11.4. The maximum atomic E-state index is 12.7. The van der Waals surface area contributed by atoms with Crippen molar-refractivity contribution in [2.24, 2.45) is 5.92 Å². The quantitative estimate of drug-likeness (QED) is 0.908. The molecule has 1 fully saturated rings. The summed E-state index contributed by atoms with van der Waals surface area (Å²) in [6, 6.07) is 6.06. The zero-order valence-corrected chi connectivity index (χ0v) is 13.0. The fraction of sp³-hybridized carbons (Fsp3) is 0.533. The summed E-state index contributed by atoms with van der Waals surface area (Å²) in [4.78, 5) is 14.6. The summed E-state index contributed by atoms with van der Waals surface area (Å²) in [6.45, 7) is 4.87. The maximum absolute atomic E-state index is 12.7. The monoisotopic (exact) mass is 325 g/mol. The normalized spacial score (nSPS) is 23.5. The molecular formula is C15H20BrNO2. The fourth-order valence-corrected chi connectivity index (χ4v) is 2.99. The number of aryl methyl sites for hydroxylation is 1. The van der Waals surface area contributed by atoms with E-state index in [0.717, 1.165) is 22.9 Å². The number of aliphatic hydroxyl groups excluding tert-OH is 1. The highest BCUT2D eigenvalue weighted by Crippen LogP contribution is 2.26. The molecule has 1 aliphatic heterocycles. The molecule has 1 aromatic carbocycles. The van der Waals surface area contributed by atoms with Gasteiger partial charge in [-0.3, -0.25) is 4.79 Å². The van der Waals surface area contributed by atoms with Crippen LogP contribution in [0, 0.1) is 12.8 Å². The van der Waals surface area contributed by atoms with E-state index in [1.54, 1.807) is 0 Å². The van der Waals surface area contributed by atoms with Gasteiger partial charge < -0.3 is 10.0 Å². The summed E-state index contributed by atoms with van der Waals surface area (Å²) in [7, 11) is 0. The highest BCUT2D eigenvalue weighted by molar-refractivity contribution is 9.10. The Balaban J connectivity index is 2.24. The summed E-state index contributed by atoms with van der Waals surface area (Å²) in [5, 5.41) is 9.30. The van der Waals surface area contributed by atoms with Gasteiger partial charge in [-0.1, -0.05) is 11.6 Å². The second kappa shape index (κ2) is 6.06. The first kappa shape index (κ1) is 14.5. The molecule has 1 aliphatic rings. The zero-order chi connectivity index (χ0) is 14.0. The first-order valence-corrected chi connectivity index (χ1v) is 7.50. The van der Waals surface area contributed by atoms with Gasteiger partial charge in [0.2, 0.25) is 0 Å². The molecule has 1 heterocycles. The van der Waals surface area contributed by atoms with Crippen LogP contribution >= 0.6 is 15.9 Å². The first-order valence-electron chi connectivity index (χ1n) is 6.71. The molecule has 0 aliphatic carbocycles. The number of rotatable bonds is 2. The fourth-order valence-electron chi connectivity index (χ4n) is 2.57. The van der Waals surface area contributed by atoms with Crippen LogP contribution in [-0.4, -0.2) is 35.1 Å². The van der Waals surface area contributed by atoms with Crippen LogP contribution in [0.15, 0.2) is 22.7 Å². The molecule has 0 spiro atoms. The van der Waals surface area contributed by atoms with E-state index in [-0.39, 0.29) is 24.5 Å². The van der Waals surface area contributed by atoms with Crippen LogP contribution in [0.25, 0.3) is 0 Å². The van der Waals surface area contributed by atoms with Gasteiger partial charge in [0.15, 0.2) is 0 Å². The second-order valence-electron chi connectivity index (χ2n) is 5.42. The summed E-state index contributed by atoms with van der Waals surface area (Å²) >= 11 is 3.45. The predicted octanol–water partition coefficient (Wildman–Crippen LogP) is 2.99. The Labute approximate surface area is 122 Å². The van der Waals surface area contributed by atoms with Crippen LogP contribution in [0.5, 0.6) is 0 Å². The first-order chi connectivity index (χ1) is 9.02. The third kappa shape index (κ3) is 3.18. The molecule has 0 aromatic heterocycles. The maximum Gasteiger partial charge on any atom is 0.255 e. The van der Waals surface area contributed by atoms with Gasteiger partial charge in [-0.05, 0) is 60.7 Å². The van der Waals surface area contributed by atoms with Crippen LogP contribution < -0.4 is 0 Å². The minimum absolute atomic E-state index is 0.0567. The summed E-state index contributed by atoms with van der Waals surface area (Å²) < 4.78 is 0.835. The summed E-state index contributed by atoms with van der Waals surface area (Å²) in [6.07, 6.45) is 1.96. The van der Waals surface area contributed by atoms with Gasteiger partial charge in [-0.25, -0.2) is 0 Å². The van der Waals surface area contributed by atoms with Crippen molar-refractivity contribution in [1.29, 1.82) is 0 Å². The molecule has 1 aromatic rings. The van der Waals surface area contributed by atoms with Gasteiger partial charge in [0.25, 0.3) is 5.91 Å². The smallest absolute Gasteiger partial charge is 0.255 e. The molecule has 3 nitrogen and oxygen atoms in total. The van der Waals surface area contributed by atoms with E-state index in [0.29, 0.717) is 12.1 Å². The van der Waals surface area contributed by atoms with Crippen LogP contribution in [0.1, 0.15) is 35.7 Å². The molecule has 0 bridgehead atoms. The highest BCUT2D eigenvalue weighted by atomic mass is 79.9. The highest BCUT2D eigenvalue weighted by Gasteiger charge is 2.30. The van der Waals surface area contributed by atoms with Crippen LogP contribution in [-0.2, 0) is 0 Å². The van der Waals surface area contributed by atoms with E-state index in [4.69, 9.17) is 0 Å². The Kier molecular flexibility index (Phi) is 4.63. The van der Waals surface area contributed by atoms with Crippen LogP contribution in [0.4, 0.5) is 0 Å². The summed E-state index contributed by atoms with van der Waals surface area (Å²) in [5.74, 6) is 0.268. The number of benzene rings is 1. The van der Waals surface area contributed by atoms with Crippen molar-refractivity contribution in [3.05, 3.63) is 33.8 Å². The molecule has 0 radical (unpaired) electrons. The Morgan fingerprint density at radius 1 is 1.47 bits per heavy atom. The Hall–Kier alpha value is -0.870. The van der Waals surface area contributed by atoms with Crippen molar-refractivity contribution in [2.75, 3.05) is 13.2 Å². The summed E-state index contributed by atoms with van der Waals surface area (Å²) in [5.41, 5.74) is 1.79. The van der Waals surface area contributed by atoms with E-state index in [2.05, 4.69) is 22.9 Å². The average Bonchev–Trinajstić information content (AvgIpc) is 2.41. The molecule has 4 heteroatoms. The number of carbonyl (C=O) groups is 1. The number of amides is 1. The molecule has 1 N–H and O–H groups in total. The predicted molar refractivity (Wildman–Crippen MR) is 79.2 cm³/mol. The molecule has 104 valence electrons. The number of aliphatic hydroxyl groups is 1. The minimum Gasteiger partial charge on any atom is -0.396 e. The number of hydrogen-bond acceptors (Lipinski definition) is 2. The molecule has 2 unspecified atom stereocenters. The number of halogens is 1. The van der Waals surface area contributed by atoms with Crippen molar-refractivity contribution >= 4 is 21.8 Å². The lowest BCUT2D eigenvalue weighted by Gasteiger charge is -2.37. The van der Waals surface area contributed by atoms with Gasteiger partial charge in [-0.15, -0.1) is 0 Å². The van der Waals surface area contributed by atoms with Crippen molar-refractivity contribution in [3.63, 3.8) is 0 Å². The molecule has 19 heavy (non-hydrogen) atoms. The topological polar surface area (TPSA) is 40.5 Å². The lowest BCUT2D eigenvalue weighted by molar-refractivity contribution is 0.0488. The van der Waals surface area contributed by atoms with E-state index in [9.17, 15) is 9.90 Å².